The third-order valence-corrected chi connectivity index (χ3v) is 5.24. The number of ether oxygens (including phenoxy) is 12. The Hall–Kier alpha value is -1.05. The lowest BCUT2D eigenvalue weighted by Crippen LogP contribution is -2.29. The monoisotopic (exact) mass is 644 g/mol. The van der Waals surface area contributed by atoms with Crippen LogP contribution in [0, 0.1) is 0 Å². The molecule has 0 aliphatic carbocycles. The van der Waals surface area contributed by atoms with Gasteiger partial charge < -0.3 is 67.9 Å². The van der Waals surface area contributed by atoms with Crippen LogP contribution in [0.25, 0.3) is 0 Å². The molecule has 0 atom stereocenters. The molecule has 0 aliphatic rings. The first kappa shape index (κ1) is 43.0. The third kappa shape index (κ3) is 39.0. The quantitative estimate of drug-likeness (QED) is 0.0836. The van der Waals surface area contributed by atoms with Gasteiger partial charge in [-0.25, -0.2) is 0 Å². The maximum atomic E-state index is 11.4. The van der Waals surface area contributed by atoms with Gasteiger partial charge in [-0.1, -0.05) is 0 Å². The van der Waals surface area contributed by atoms with Gasteiger partial charge >= 0.3 is 0 Å². The van der Waals surface area contributed by atoms with Crippen LogP contribution in [0.1, 0.15) is 13.3 Å². The van der Waals surface area contributed by atoms with Crippen LogP contribution in [0.2, 0.25) is 0 Å². The molecule has 0 unspecified atom stereocenters. The minimum absolute atomic E-state index is 0.0626. The Labute approximate surface area is 263 Å². The molecule has 0 bridgehead atoms. The highest BCUT2D eigenvalue weighted by Gasteiger charge is 2.00. The summed E-state index contributed by atoms with van der Waals surface area (Å²) in [6.07, 6.45) is 0.319. The lowest BCUT2D eigenvalue weighted by Gasteiger charge is -2.09. The summed E-state index contributed by atoms with van der Waals surface area (Å²) >= 11 is 0. The number of carbonyl (C=O) groups is 1. The molecule has 0 aliphatic heterocycles. The Morgan fingerprint density at radius 1 is 0.409 bits per heavy atom. The van der Waals surface area contributed by atoms with Gasteiger partial charge in [-0.05, 0) is 6.92 Å². The molecule has 44 heavy (non-hydrogen) atoms. The van der Waals surface area contributed by atoms with E-state index in [1.165, 1.54) is 0 Å². The summed E-state index contributed by atoms with van der Waals surface area (Å²) in [5.41, 5.74) is 5.32. The predicted octanol–water partition coefficient (Wildman–Crippen LogP) is -0.329. The van der Waals surface area contributed by atoms with Crippen LogP contribution in [0.4, 0.5) is 0 Å². The Balaban J connectivity index is 3.06. The number of amides is 1. The van der Waals surface area contributed by atoms with Crippen molar-refractivity contribution >= 4 is 5.91 Å². The molecule has 0 fully saturated rings. The molecular weight excluding hydrogens is 584 g/mol. The van der Waals surface area contributed by atoms with Crippen molar-refractivity contribution < 1.29 is 61.6 Å². The molecule has 0 spiro atoms. The highest BCUT2D eigenvalue weighted by Crippen LogP contribution is 1.88. The maximum Gasteiger partial charge on any atom is 0.222 e. The van der Waals surface area contributed by atoms with Gasteiger partial charge in [0.05, 0.1) is 152 Å². The molecule has 3 N–H and O–H groups in total. The van der Waals surface area contributed by atoms with Crippen LogP contribution >= 0.6 is 0 Å². The standard InChI is InChI=1S/C29H60N2O13/c1-2-33-7-8-35-11-12-37-15-16-39-19-20-41-23-24-43-27-28-44-26-25-42-22-21-40-18-17-38-14-13-36-10-9-34-6-3-29(32)31-5-4-30/h2-28,30H2,1H3,(H,31,32). The van der Waals surface area contributed by atoms with E-state index in [2.05, 4.69) is 5.32 Å². The van der Waals surface area contributed by atoms with E-state index in [9.17, 15) is 4.79 Å². The van der Waals surface area contributed by atoms with Crippen molar-refractivity contribution in [3.8, 4) is 0 Å². The van der Waals surface area contributed by atoms with Gasteiger partial charge in [-0.15, -0.1) is 0 Å². The van der Waals surface area contributed by atoms with Crippen molar-refractivity contribution in [1.82, 2.24) is 5.32 Å². The molecule has 0 saturated heterocycles. The number of nitrogens with one attached hydrogen (secondary N) is 1. The van der Waals surface area contributed by atoms with Crippen molar-refractivity contribution in [3.05, 3.63) is 0 Å². The van der Waals surface area contributed by atoms with Crippen molar-refractivity contribution in [1.29, 1.82) is 0 Å². The van der Waals surface area contributed by atoms with E-state index in [0.29, 0.717) is 178 Å². The van der Waals surface area contributed by atoms with Crippen molar-refractivity contribution in [3.63, 3.8) is 0 Å². The van der Waals surface area contributed by atoms with Gasteiger partial charge in [0, 0.05) is 26.1 Å². The second kappa shape index (κ2) is 40.0. The number of rotatable bonds is 39. The minimum Gasteiger partial charge on any atom is -0.379 e. The lowest BCUT2D eigenvalue weighted by atomic mass is 10.4. The Bertz CT molecular complexity index is 553. The highest BCUT2D eigenvalue weighted by atomic mass is 16.6. The van der Waals surface area contributed by atoms with Gasteiger partial charge in [0.15, 0.2) is 0 Å². The van der Waals surface area contributed by atoms with Gasteiger partial charge in [0.25, 0.3) is 0 Å². The predicted molar refractivity (Wildman–Crippen MR) is 162 cm³/mol. The topological polar surface area (TPSA) is 166 Å². The van der Waals surface area contributed by atoms with E-state index >= 15 is 0 Å². The van der Waals surface area contributed by atoms with Crippen molar-refractivity contribution in [2.45, 2.75) is 13.3 Å². The zero-order chi connectivity index (χ0) is 31.9. The first-order valence-corrected chi connectivity index (χ1v) is 15.7. The van der Waals surface area contributed by atoms with E-state index in [-0.39, 0.29) is 5.91 Å². The summed E-state index contributed by atoms with van der Waals surface area (Å²) in [5.74, 6) is -0.0626. The number of carbonyl (C=O) groups excluding carboxylic acids is 1. The fraction of sp³-hybridized carbons (Fsp3) is 0.966. The van der Waals surface area contributed by atoms with Gasteiger partial charge in [0.2, 0.25) is 5.91 Å². The second-order valence-electron chi connectivity index (χ2n) is 8.82. The molecular formula is C29H60N2O13. The van der Waals surface area contributed by atoms with Crippen LogP contribution < -0.4 is 11.1 Å². The molecule has 0 heterocycles. The first-order chi connectivity index (χ1) is 21.8. The van der Waals surface area contributed by atoms with E-state index in [1.54, 1.807) is 0 Å². The molecule has 0 saturated carbocycles. The number of hydrogen-bond acceptors (Lipinski definition) is 14. The van der Waals surface area contributed by atoms with E-state index in [0.717, 1.165) is 0 Å². The van der Waals surface area contributed by atoms with Crippen molar-refractivity contribution in [2.75, 3.05) is 172 Å². The molecule has 15 nitrogen and oxygen atoms in total. The molecule has 1 amide bonds. The van der Waals surface area contributed by atoms with Crippen LogP contribution in [-0.2, 0) is 61.6 Å². The molecule has 0 rings (SSSR count). The summed E-state index contributed by atoms with van der Waals surface area (Å²) in [7, 11) is 0. The summed E-state index contributed by atoms with van der Waals surface area (Å²) in [6.45, 7) is 15.2. The summed E-state index contributed by atoms with van der Waals surface area (Å²) in [5, 5.41) is 2.68. The molecule has 0 aromatic carbocycles. The molecule has 15 heteroatoms. The first-order valence-electron chi connectivity index (χ1n) is 15.7. The molecule has 0 radical (unpaired) electrons. The van der Waals surface area contributed by atoms with E-state index in [1.807, 2.05) is 6.92 Å². The van der Waals surface area contributed by atoms with Gasteiger partial charge in [0.1, 0.15) is 0 Å². The van der Waals surface area contributed by atoms with Gasteiger partial charge in [-0.2, -0.15) is 0 Å². The number of hydrogen-bond donors (Lipinski definition) is 2. The normalized spacial score (nSPS) is 11.4. The van der Waals surface area contributed by atoms with Crippen LogP contribution in [0.3, 0.4) is 0 Å². The Morgan fingerprint density at radius 2 is 0.636 bits per heavy atom. The van der Waals surface area contributed by atoms with E-state index < -0.39 is 0 Å². The van der Waals surface area contributed by atoms with Crippen LogP contribution in [0.15, 0.2) is 0 Å². The Kier molecular flexibility index (Phi) is 39.0. The zero-order valence-corrected chi connectivity index (χ0v) is 27.0. The molecule has 0 aromatic rings. The summed E-state index contributed by atoms with van der Waals surface area (Å²) in [6, 6.07) is 0. The average Bonchev–Trinajstić information content (AvgIpc) is 3.03. The average molecular weight is 645 g/mol. The lowest BCUT2D eigenvalue weighted by molar-refractivity contribution is -0.122. The highest BCUT2D eigenvalue weighted by molar-refractivity contribution is 5.75. The second-order valence-corrected chi connectivity index (χ2v) is 8.82. The van der Waals surface area contributed by atoms with Crippen LogP contribution in [0.5, 0.6) is 0 Å². The summed E-state index contributed by atoms with van der Waals surface area (Å²) in [4.78, 5) is 11.4. The van der Waals surface area contributed by atoms with Crippen molar-refractivity contribution in [2.24, 2.45) is 5.73 Å². The molecule has 264 valence electrons. The zero-order valence-electron chi connectivity index (χ0n) is 27.0. The summed E-state index contributed by atoms with van der Waals surface area (Å²) < 4.78 is 64.9. The minimum atomic E-state index is -0.0626. The third-order valence-electron chi connectivity index (χ3n) is 5.24. The maximum absolute atomic E-state index is 11.4. The van der Waals surface area contributed by atoms with E-state index in [4.69, 9.17) is 62.6 Å². The van der Waals surface area contributed by atoms with Gasteiger partial charge in [-0.3, -0.25) is 4.79 Å². The number of nitrogens with two attached hydrogens (primary N) is 1. The fourth-order valence-corrected chi connectivity index (χ4v) is 3.03. The van der Waals surface area contributed by atoms with Crippen LogP contribution in [-0.4, -0.2) is 178 Å². The fourth-order valence-electron chi connectivity index (χ4n) is 3.03. The smallest absolute Gasteiger partial charge is 0.222 e. The molecule has 0 aromatic heterocycles. The Morgan fingerprint density at radius 3 is 0.864 bits per heavy atom. The largest absolute Gasteiger partial charge is 0.379 e. The SMILES string of the molecule is CCOCCOCCOCCOCCOCCOCCOCCOCCOCCOCCOCCOCCC(=O)NCCN.